The van der Waals surface area contributed by atoms with Crippen LogP contribution < -0.4 is 11.1 Å². The quantitative estimate of drug-likeness (QED) is 0.619. The van der Waals surface area contributed by atoms with Crippen molar-refractivity contribution in [3.05, 3.63) is 71.4 Å². The lowest BCUT2D eigenvalue weighted by Gasteiger charge is -2.07. The molecule has 25 heavy (non-hydrogen) atoms. The summed E-state index contributed by atoms with van der Waals surface area (Å²) in [6.07, 6.45) is 3.30. The van der Waals surface area contributed by atoms with Gasteiger partial charge in [0.1, 0.15) is 0 Å². The van der Waals surface area contributed by atoms with Crippen LogP contribution in [0.2, 0.25) is 0 Å². The smallest absolute Gasteiger partial charge is 0.221 e. The van der Waals surface area contributed by atoms with E-state index in [9.17, 15) is 9.59 Å². The third-order valence-electron chi connectivity index (χ3n) is 4.16. The molecule has 1 aromatic heterocycles. The standard InChI is InChI=1S/C20H21N3O2/c21-19(24)11-14-4-3-5-15(10-14)12-23-20(25)9-8-16-13-22-18-7-2-1-6-17(16)18/h1-7,10,13,22H,8-9,11-12H2,(H2,21,24)(H,23,25). The van der Waals surface area contributed by atoms with Gasteiger partial charge in [-0.1, -0.05) is 42.5 Å². The summed E-state index contributed by atoms with van der Waals surface area (Å²) >= 11 is 0. The molecule has 3 rings (SSSR count). The van der Waals surface area contributed by atoms with Crippen LogP contribution in [0.5, 0.6) is 0 Å². The molecule has 5 nitrogen and oxygen atoms in total. The van der Waals surface area contributed by atoms with E-state index in [2.05, 4.69) is 16.4 Å². The van der Waals surface area contributed by atoms with Crippen molar-refractivity contribution in [2.24, 2.45) is 5.73 Å². The monoisotopic (exact) mass is 335 g/mol. The Balaban J connectivity index is 1.52. The van der Waals surface area contributed by atoms with Gasteiger partial charge in [0.25, 0.3) is 0 Å². The average molecular weight is 335 g/mol. The van der Waals surface area contributed by atoms with E-state index in [0.717, 1.165) is 27.6 Å². The molecule has 2 amide bonds. The highest BCUT2D eigenvalue weighted by molar-refractivity contribution is 5.84. The Morgan fingerprint density at radius 2 is 1.84 bits per heavy atom. The number of carbonyl (C=O) groups is 2. The molecule has 0 aliphatic heterocycles. The lowest BCUT2D eigenvalue weighted by molar-refractivity contribution is -0.121. The van der Waals surface area contributed by atoms with E-state index in [1.165, 1.54) is 0 Å². The highest BCUT2D eigenvalue weighted by Gasteiger charge is 2.07. The van der Waals surface area contributed by atoms with Crippen molar-refractivity contribution in [3.63, 3.8) is 0 Å². The van der Waals surface area contributed by atoms with Crippen LogP contribution in [0.25, 0.3) is 10.9 Å². The summed E-state index contributed by atoms with van der Waals surface area (Å²) in [5, 5.41) is 4.09. The number of para-hydroxylation sites is 1. The molecule has 0 unspecified atom stereocenters. The zero-order valence-electron chi connectivity index (χ0n) is 13.9. The number of carbonyl (C=O) groups excluding carboxylic acids is 2. The Hall–Kier alpha value is -3.08. The predicted octanol–water partition coefficient (Wildman–Crippen LogP) is 2.44. The predicted molar refractivity (Wildman–Crippen MR) is 97.8 cm³/mol. The molecule has 2 aromatic carbocycles. The number of aromatic amines is 1. The minimum absolute atomic E-state index is 0.00517. The average Bonchev–Trinajstić information content (AvgIpc) is 3.01. The van der Waals surface area contributed by atoms with Gasteiger partial charge in [-0.2, -0.15) is 0 Å². The van der Waals surface area contributed by atoms with Crippen LogP contribution >= 0.6 is 0 Å². The second-order valence-corrected chi connectivity index (χ2v) is 6.10. The molecule has 0 saturated heterocycles. The highest BCUT2D eigenvalue weighted by Crippen LogP contribution is 2.18. The fourth-order valence-corrected chi connectivity index (χ4v) is 2.93. The lowest BCUT2D eigenvalue weighted by atomic mass is 10.1. The number of hydrogen-bond acceptors (Lipinski definition) is 2. The number of rotatable bonds is 7. The van der Waals surface area contributed by atoms with E-state index in [0.29, 0.717) is 19.4 Å². The first kappa shape index (κ1) is 16.8. The largest absolute Gasteiger partial charge is 0.369 e. The van der Waals surface area contributed by atoms with E-state index in [1.807, 2.05) is 48.7 Å². The van der Waals surface area contributed by atoms with Crippen LogP contribution in [0.1, 0.15) is 23.1 Å². The van der Waals surface area contributed by atoms with Crippen LogP contribution in [0.4, 0.5) is 0 Å². The van der Waals surface area contributed by atoms with Crippen LogP contribution in [0, 0.1) is 0 Å². The Bertz CT molecular complexity index is 899. The van der Waals surface area contributed by atoms with Crippen molar-refractivity contribution in [1.82, 2.24) is 10.3 Å². The number of hydrogen-bond donors (Lipinski definition) is 3. The van der Waals surface area contributed by atoms with Crippen LogP contribution in [-0.2, 0) is 29.0 Å². The molecule has 0 radical (unpaired) electrons. The summed E-state index contributed by atoms with van der Waals surface area (Å²) in [4.78, 5) is 26.3. The molecule has 1 heterocycles. The summed E-state index contributed by atoms with van der Waals surface area (Å²) in [6, 6.07) is 15.6. The summed E-state index contributed by atoms with van der Waals surface area (Å²) in [6.45, 7) is 0.444. The first-order valence-corrected chi connectivity index (χ1v) is 8.29. The maximum absolute atomic E-state index is 12.1. The molecule has 3 aromatic rings. The Labute approximate surface area is 146 Å². The third kappa shape index (κ3) is 4.47. The van der Waals surface area contributed by atoms with Crippen molar-refractivity contribution in [2.75, 3.05) is 0 Å². The van der Waals surface area contributed by atoms with Crippen LogP contribution in [0.15, 0.2) is 54.7 Å². The molecule has 0 aliphatic carbocycles. The van der Waals surface area contributed by atoms with E-state index in [4.69, 9.17) is 5.73 Å². The van der Waals surface area contributed by atoms with Gasteiger partial charge < -0.3 is 16.0 Å². The van der Waals surface area contributed by atoms with Gasteiger partial charge in [0.2, 0.25) is 11.8 Å². The zero-order chi connectivity index (χ0) is 17.6. The van der Waals surface area contributed by atoms with Gasteiger partial charge in [-0.05, 0) is 29.2 Å². The third-order valence-corrected chi connectivity index (χ3v) is 4.16. The van der Waals surface area contributed by atoms with E-state index >= 15 is 0 Å². The Morgan fingerprint density at radius 1 is 1.04 bits per heavy atom. The number of aromatic nitrogens is 1. The number of H-pyrrole nitrogens is 1. The van der Waals surface area contributed by atoms with Crippen molar-refractivity contribution in [2.45, 2.75) is 25.8 Å². The molecule has 0 bridgehead atoms. The van der Waals surface area contributed by atoms with Gasteiger partial charge in [-0.25, -0.2) is 0 Å². The van der Waals surface area contributed by atoms with Crippen molar-refractivity contribution < 1.29 is 9.59 Å². The molecular weight excluding hydrogens is 314 g/mol. The number of benzene rings is 2. The maximum Gasteiger partial charge on any atom is 0.221 e. The second-order valence-electron chi connectivity index (χ2n) is 6.10. The number of amides is 2. The molecule has 0 fully saturated rings. The van der Waals surface area contributed by atoms with Crippen molar-refractivity contribution in [1.29, 1.82) is 0 Å². The van der Waals surface area contributed by atoms with Gasteiger partial charge in [0, 0.05) is 30.1 Å². The normalized spacial score (nSPS) is 10.7. The molecule has 128 valence electrons. The van der Waals surface area contributed by atoms with Gasteiger partial charge in [0.15, 0.2) is 0 Å². The molecule has 0 spiro atoms. The minimum atomic E-state index is -0.361. The number of fused-ring (bicyclic) bond motifs is 1. The maximum atomic E-state index is 12.1. The summed E-state index contributed by atoms with van der Waals surface area (Å²) in [7, 11) is 0. The van der Waals surface area contributed by atoms with Gasteiger partial charge in [0.05, 0.1) is 6.42 Å². The molecule has 0 saturated carbocycles. The van der Waals surface area contributed by atoms with Crippen molar-refractivity contribution >= 4 is 22.7 Å². The second kappa shape index (κ2) is 7.66. The summed E-state index contributed by atoms with van der Waals surface area (Å²) in [5.74, 6) is -0.356. The molecular formula is C20H21N3O2. The van der Waals surface area contributed by atoms with E-state index < -0.39 is 0 Å². The lowest BCUT2D eigenvalue weighted by Crippen LogP contribution is -2.23. The van der Waals surface area contributed by atoms with E-state index in [1.54, 1.807) is 0 Å². The molecule has 4 N–H and O–H groups in total. The Morgan fingerprint density at radius 3 is 2.68 bits per heavy atom. The first-order valence-electron chi connectivity index (χ1n) is 8.29. The molecule has 5 heteroatoms. The first-order chi connectivity index (χ1) is 12.1. The number of nitrogens with one attached hydrogen (secondary N) is 2. The number of primary amides is 1. The highest BCUT2D eigenvalue weighted by atomic mass is 16.1. The Kier molecular flexibility index (Phi) is 5.14. The van der Waals surface area contributed by atoms with Gasteiger partial charge in [-0.15, -0.1) is 0 Å². The zero-order valence-corrected chi connectivity index (χ0v) is 13.9. The van der Waals surface area contributed by atoms with Gasteiger partial charge >= 0.3 is 0 Å². The number of nitrogens with two attached hydrogens (primary N) is 1. The number of aryl methyl sites for hydroxylation is 1. The van der Waals surface area contributed by atoms with Crippen LogP contribution in [-0.4, -0.2) is 16.8 Å². The topological polar surface area (TPSA) is 88.0 Å². The minimum Gasteiger partial charge on any atom is -0.369 e. The molecule has 0 atom stereocenters. The molecule has 0 aliphatic rings. The fourth-order valence-electron chi connectivity index (χ4n) is 2.93. The van der Waals surface area contributed by atoms with E-state index in [-0.39, 0.29) is 18.2 Å². The summed E-state index contributed by atoms with van der Waals surface area (Å²) < 4.78 is 0. The van der Waals surface area contributed by atoms with Gasteiger partial charge in [-0.3, -0.25) is 9.59 Å². The SMILES string of the molecule is NC(=O)Cc1cccc(CNC(=O)CCc2c[nH]c3ccccc23)c1. The fraction of sp³-hybridized carbons (Fsp3) is 0.200. The van der Waals surface area contributed by atoms with Crippen molar-refractivity contribution in [3.8, 4) is 0 Å². The van der Waals surface area contributed by atoms with Crippen LogP contribution in [0.3, 0.4) is 0 Å². The summed E-state index contributed by atoms with van der Waals surface area (Å²) in [5.41, 5.74) is 9.26.